The number of halogens is 1. The minimum absolute atomic E-state index is 0.00944. The lowest BCUT2D eigenvalue weighted by Gasteiger charge is -2.23. The highest BCUT2D eigenvalue weighted by molar-refractivity contribution is 8.00. The van der Waals surface area contributed by atoms with Crippen LogP contribution in [0, 0.1) is 0 Å². The molecule has 1 saturated heterocycles. The van der Waals surface area contributed by atoms with Crippen molar-refractivity contribution < 1.29 is 19.4 Å². The van der Waals surface area contributed by atoms with Crippen molar-refractivity contribution in [1.82, 2.24) is 10.2 Å². The third-order valence-corrected chi connectivity index (χ3v) is 9.07. The zero-order chi connectivity index (χ0) is 28.8. The minimum Gasteiger partial charge on any atom is -0.507 e. The van der Waals surface area contributed by atoms with Crippen molar-refractivity contribution in [3.63, 3.8) is 0 Å². The van der Waals surface area contributed by atoms with Crippen molar-refractivity contribution >= 4 is 57.3 Å². The summed E-state index contributed by atoms with van der Waals surface area (Å²) in [7, 11) is 0. The number of amides is 1. The van der Waals surface area contributed by atoms with Gasteiger partial charge in [-0.25, -0.2) is 0 Å². The summed E-state index contributed by atoms with van der Waals surface area (Å²) in [4.78, 5) is 28.3. The van der Waals surface area contributed by atoms with Gasteiger partial charge in [0.2, 0.25) is 5.13 Å². The van der Waals surface area contributed by atoms with Crippen molar-refractivity contribution in [2.24, 2.45) is 0 Å². The summed E-state index contributed by atoms with van der Waals surface area (Å²) in [5.41, 5.74) is 2.01. The van der Waals surface area contributed by atoms with Crippen LogP contribution in [-0.4, -0.2) is 33.6 Å². The summed E-state index contributed by atoms with van der Waals surface area (Å²) in [6.45, 7) is 2.69. The van der Waals surface area contributed by atoms with Gasteiger partial charge < -0.3 is 9.84 Å². The van der Waals surface area contributed by atoms with E-state index in [0.717, 1.165) is 24.8 Å². The average molecular weight is 606 g/mol. The number of nitrogens with zero attached hydrogens (tertiary/aromatic N) is 3. The standard InChI is InChI=1S/C31H28ClN3O4S2/c1-2-3-9-17-39-23-15-10-14-21(18-23)26-25(27(36)20-11-5-4-6-12-20)28(37)29(38)35(26)30-33-34-31(41-30)40-19-22-13-7-8-16-24(22)32/h4-8,10-16,18,26,36H,2-3,9,17,19H2,1H3. The maximum atomic E-state index is 13.5. The zero-order valence-electron chi connectivity index (χ0n) is 22.3. The van der Waals surface area contributed by atoms with Crippen LogP contribution < -0.4 is 9.64 Å². The molecule has 1 aliphatic rings. The van der Waals surface area contributed by atoms with Crippen LogP contribution in [0.1, 0.15) is 48.9 Å². The van der Waals surface area contributed by atoms with Gasteiger partial charge in [-0.2, -0.15) is 0 Å². The topological polar surface area (TPSA) is 92.6 Å². The van der Waals surface area contributed by atoms with Crippen LogP contribution in [0.4, 0.5) is 5.13 Å². The Bertz CT molecular complexity index is 1570. The van der Waals surface area contributed by atoms with Crippen LogP contribution in [0.25, 0.3) is 5.76 Å². The molecule has 1 fully saturated rings. The van der Waals surface area contributed by atoms with Gasteiger partial charge in [0.05, 0.1) is 18.2 Å². The van der Waals surface area contributed by atoms with Crippen molar-refractivity contribution in [1.29, 1.82) is 0 Å². The molecule has 0 saturated carbocycles. The number of hydrogen-bond acceptors (Lipinski definition) is 8. The van der Waals surface area contributed by atoms with Crippen LogP contribution in [-0.2, 0) is 15.3 Å². The third-order valence-electron chi connectivity index (χ3n) is 6.59. The third kappa shape index (κ3) is 6.48. The molecule has 4 aromatic rings. The Morgan fingerprint density at radius 2 is 1.80 bits per heavy atom. The molecule has 1 N–H and O–H groups in total. The lowest BCUT2D eigenvalue weighted by atomic mass is 9.95. The summed E-state index contributed by atoms with van der Waals surface area (Å²) in [5.74, 6) is -0.616. The Labute approximate surface area is 251 Å². The van der Waals surface area contributed by atoms with E-state index < -0.39 is 17.7 Å². The van der Waals surface area contributed by atoms with Gasteiger partial charge in [-0.05, 0) is 35.7 Å². The van der Waals surface area contributed by atoms with Crippen LogP contribution >= 0.6 is 34.7 Å². The highest BCUT2D eigenvalue weighted by atomic mass is 35.5. The molecule has 1 unspecified atom stereocenters. The summed E-state index contributed by atoms with van der Waals surface area (Å²) >= 11 is 8.95. The van der Waals surface area contributed by atoms with E-state index in [2.05, 4.69) is 17.1 Å². The quantitative estimate of drug-likeness (QED) is 0.0468. The molecule has 0 radical (unpaired) electrons. The molecule has 0 bridgehead atoms. The predicted octanol–water partition coefficient (Wildman–Crippen LogP) is 7.68. The molecule has 1 aliphatic heterocycles. The first-order valence-corrected chi connectivity index (χ1v) is 15.4. The number of carbonyl (C=O) groups is 2. The second kappa shape index (κ2) is 13.3. The molecule has 210 valence electrons. The number of aliphatic hydroxyl groups is 1. The van der Waals surface area contributed by atoms with Crippen molar-refractivity contribution in [2.75, 3.05) is 11.5 Å². The molecule has 2 heterocycles. The van der Waals surface area contributed by atoms with Gasteiger partial charge >= 0.3 is 5.91 Å². The van der Waals surface area contributed by atoms with Gasteiger partial charge in [-0.3, -0.25) is 14.5 Å². The number of aliphatic hydroxyl groups excluding tert-OH is 1. The Hall–Kier alpha value is -3.66. The first-order valence-electron chi connectivity index (χ1n) is 13.3. The predicted molar refractivity (Wildman–Crippen MR) is 164 cm³/mol. The molecule has 41 heavy (non-hydrogen) atoms. The first-order chi connectivity index (χ1) is 20.0. The van der Waals surface area contributed by atoms with Gasteiger partial charge in [-0.1, -0.05) is 115 Å². The van der Waals surface area contributed by atoms with Crippen LogP contribution in [0.3, 0.4) is 0 Å². The number of unbranched alkanes of at least 4 members (excludes halogenated alkanes) is 2. The van der Waals surface area contributed by atoms with E-state index in [4.69, 9.17) is 16.3 Å². The SMILES string of the molecule is CCCCCOc1cccc(C2C(=C(O)c3ccccc3)C(=O)C(=O)N2c2nnc(SCc3ccccc3Cl)s2)c1. The Balaban J connectivity index is 1.51. The van der Waals surface area contributed by atoms with Crippen LogP contribution in [0.5, 0.6) is 5.75 Å². The van der Waals surface area contributed by atoms with E-state index in [1.165, 1.54) is 28.0 Å². The van der Waals surface area contributed by atoms with Gasteiger partial charge in [0.25, 0.3) is 5.78 Å². The number of carbonyl (C=O) groups excluding carboxylic acids is 2. The second-order valence-corrected chi connectivity index (χ2v) is 12.0. The van der Waals surface area contributed by atoms with E-state index in [-0.39, 0.29) is 16.5 Å². The van der Waals surface area contributed by atoms with Gasteiger partial charge in [0.15, 0.2) is 4.34 Å². The van der Waals surface area contributed by atoms with Crippen molar-refractivity contribution in [3.05, 3.63) is 106 Å². The zero-order valence-corrected chi connectivity index (χ0v) is 24.7. The minimum atomic E-state index is -0.913. The van der Waals surface area contributed by atoms with E-state index in [1.807, 2.05) is 54.6 Å². The lowest BCUT2D eigenvalue weighted by molar-refractivity contribution is -0.132. The smallest absolute Gasteiger partial charge is 0.301 e. The number of benzene rings is 3. The fourth-order valence-electron chi connectivity index (χ4n) is 4.53. The Morgan fingerprint density at radius 1 is 1.02 bits per heavy atom. The van der Waals surface area contributed by atoms with Gasteiger partial charge in [0, 0.05) is 16.3 Å². The normalized spacial score (nSPS) is 16.3. The Kier molecular flexibility index (Phi) is 9.38. The first kappa shape index (κ1) is 28.9. The molecular formula is C31H28ClN3O4S2. The monoisotopic (exact) mass is 605 g/mol. The molecule has 5 rings (SSSR count). The molecule has 1 amide bonds. The summed E-state index contributed by atoms with van der Waals surface area (Å²) in [6.07, 6.45) is 3.06. The van der Waals surface area contributed by atoms with Gasteiger partial charge in [-0.15, -0.1) is 10.2 Å². The maximum absolute atomic E-state index is 13.5. The molecule has 3 aromatic carbocycles. The van der Waals surface area contributed by atoms with E-state index >= 15 is 0 Å². The Morgan fingerprint density at radius 3 is 2.59 bits per heavy atom. The molecule has 10 heteroatoms. The molecule has 1 aromatic heterocycles. The maximum Gasteiger partial charge on any atom is 0.301 e. The van der Waals surface area contributed by atoms with E-state index in [1.54, 1.807) is 24.3 Å². The van der Waals surface area contributed by atoms with E-state index in [0.29, 0.717) is 38.6 Å². The lowest BCUT2D eigenvalue weighted by Crippen LogP contribution is -2.29. The largest absolute Gasteiger partial charge is 0.507 e. The van der Waals surface area contributed by atoms with E-state index in [9.17, 15) is 14.7 Å². The summed E-state index contributed by atoms with van der Waals surface area (Å²) < 4.78 is 6.59. The molecule has 0 aliphatic carbocycles. The highest BCUT2D eigenvalue weighted by Gasteiger charge is 2.48. The highest BCUT2D eigenvalue weighted by Crippen LogP contribution is 2.44. The van der Waals surface area contributed by atoms with Crippen molar-refractivity contribution in [2.45, 2.75) is 42.3 Å². The fraction of sp³-hybridized carbons (Fsp3) is 0.226. The number of anilines is 1. The number of ketones is 1. The average Bonchev–Trinajstić information content (AvgIpc) is 3.57. The molecule has 0 spiro atoms. The number of Topliss-reactive ketones (excluding diaryl/α,β-unsaturated/α-hetero) is 1. The fourth-order valence-corrected chi connectivity index (χ4v) is 6.68. The van der Waals surface area contributed by atoms with Crippen LogP contribution in [0.2, 0.25) is 5.02 Å². The molecule has 1 atom stereocenters. The summed E-state index contributed by atoms with van der Waals surface area (Å²) in [6, 6.07) is 22.7. The molecular weight excluding hydrogens is 578 g/mol. The second-order valence-electron chi connectivity index (χ2n) is 9.39. The summed E-state index contributed by atoms with van der Waals surface area (Å²) in [5, 5.41) is 20.8. The van der Waals surface area contributed by atoms with Gasteiger partial charge in [0.1, 0.15) is 11.5 Å². The number of aromatic nitrogens is 2. The number of rotatable bonds is 11. The van der Waals surface area contributed by atoms with Crippen molar-refractivity contribution in [3.8, 4) is 5.75 Å². The number of hydrogen-bond donors (Lipinski definition) is 1. The number of ether oxygens (including phenoxy) is 1. The number of thioether (sulfide) groups is 1. The van der Waals surface area contributed by atoms with Crippen LogP contribution in [0.15, 0.2) is 88.8 Å². The molecule has 7 nitrogen and oxygen atoms in total.